The molecular formula is C17H17F2NO4S. The number of rotatable bonds is 7. The molecule has 0 saturated heterocycles. The van der Waals surface area contributed by atoms with Gasteiger partial charge in [-0.3, -0.25) is 4.79 Å². The minimum atomic E-state index is -3.61. The average Bonchev–Trinajstić information content (AvgIpc) is 2.55. The predicted octanol–water partition coefficient (Wildman–Crippen LogP) is 3.40. The Balaban J connectivity index is 2.00. The Morgan fingerprint density at radius 2 is 1.76 bits per heavy atom. The van der Waals surface area contributed by atoms with Crippen LogP contribution in [0.25, 0.3) is 0 Å². The molecule has 0 spiro atoms. The van der Waals surface area contributed by atoms with Crippen molar-refractivity contribution in [3.05, 3.63) is 54.1 Å². The van der Waals surface area contributed by atoms with Crippen LogP contribution in [-0.4, -0.2) is 26.7 Å². The highest BCUT2D eigenvalue weighted by Crippen LogP contribution is 2.25. The Morgan fingerprint density at radius 3 is 2.40 bits per heavy atom. The summed E-state index contributed by atoms with van der Waals surface area (Å²) in [4.78, 5) is 12.1. The zero-order valence-electron chi connectivity index (χ0n) is 13.4. The van der Waals surface area contributed by atoms with Gasteiger partial charge in [0.15, 0.2) is 9.84 Å². The fraction of sp³-hybridized carbons (Fsp3) is 0.235. The molecule has 0 heterocycles. The van der Waals surface area contributed by atoms with E-state index in [4.69, 9.17) is 0 Å². The Morgan fingerprint density at radius 1 is 1.12 bits per heavy atom. The molecule has 8 heteroatoms. The number of alkyl halides is 2. The molecule has 0 aliphatic rings. The van der Waals surface area contributed by atoms with Crippen molar-refractivity contribution in [1.82, 2.24) is 0 Å². The number of benzene rings is 2. The van der Waals surface area contributed by atoms with Crippen molar-refractivity contribution >= 4 is 21.4 Å². The van der Waals surface area contributed by atoms with Gasteiger partial charge in [-0.25, -0.2) is 8.42 Å². The monoisotopic (exact) mass is 369 g/mol. The predicted molar refractivity (Wildman–Crippen MR) is 89.6 cm³/mol. The number of amides is 1. The van der Waals surface area contributed by atoms with Gasteiger partial charge < -0.3 is 10.1 Å². The minimum absolute atomic E-state index is 0.0560. The maximum absolute atomic E-state index is 12.3. The summed E-state index contributed by atoms with van der Waals surface area (Å²) in [7, 11) is -3.61. The van der Waals surface area contributed by atoms with Gasteiger partial charge in [-0.15, -0.1) is 0 Å². The third-order valence-electron chi connectivity index (χ3n) is 3.36. The molecule has 25 heavy (non-hydrogen) atoms. The number of nitrogens with one attached hydrogen (secondary N) is 1. The topological polar surface area (TPSA) is 72.5 Å². The van der Waals surface area contributed by atoms with Crippen molar-refractivity contribution in [3.8, 4) is 5.75 Å². The second-order valence-electron chi connectivity index (χ2n) is 5.30. The molecule has 2 rings (SSSR count). The Labute approximate surface area is 144 Å². The van der Waals surface area contributed by atoms with Gasteiger partial charge in [-0.2, -0.15) is 8.78 Å². The molecule has 0 radical (unpaired) electrons. The van der Waals surface area contributed by atoms with Gasteiger partial charge >= 0.3 is 6.61 Å². The SMILES string of the molecule is Cc1ccc(S(=O)(=O)CCC(=O)Nc2ccccc2OC(F)F)cc1. The van der Waals surface area contributed by atoms with Gasteiger partial charge in [-0.1, -0.05) is 29.8 Å². The maximum Gasteiger partial charge on any atom is 0.387 e. The summed E-state index contributed by atoms with van der Waals surface area (Å²) >= 11 is 0. The number of aryl methyl sites for hydroxylation is 1. The third kappa shape index (κ3) is 5.53. The highest BCUT2D eigenvalue weighted by atomic mass is 32.2. The van der Waals surface area contributed by atoms with E-state index in [0.29, 0.717) is 0 Å². The summed E-state index contributed by atoms with van der Waals surface area (Å²) in [6, 6.07) is 12.0. The number of ether oxygens (including phenoxy) is 1. The number of sulfone groups is 1. The molecule has 0 unspecified atom stereocenters. The van der Waals surface area contributed by atoms with E-state index >= 15 is 0 Å². The molecule has 0 aliphatic heterocycles. The van der Waals surface area contributed by atoms with Crippen LogP contribution in [0.5, 0.6) is 5.75 Å². The fourth-order valence-electron chi connectivity index (χ4n) is 2.07. The van der Waals surface area contributed by atoms with Crippen LogP contribution in [-0.2, 0) is 14.6 Å². The van der Waals surface area contributed by atoms with Gasteiger partial charge in [-0.05, 0) is 31.2 Å². The molecule has 1 N–H and O–H groups in total. The summed E-state index contributed by atoms with van der Waals surface area (Å²) in [5.41, 5.74) is 0.980. The van der Waals surface area contributed by atoms with Crippen LogP contribution in [0.15, 0.2) is 53.4 Å². The lowest BCUT2D eigenvalue weighted by atomic mass is 10.2. The minimum Gasteiger partial charge on any atom is -0.433 e. The fourth-order valence-corrected chi connectivity index (χ4v) is 3.31. The lowest BCUT2D eigenvalue weighted by Crippen LogP contribution is -2.18. The summed E-state index contributed by atoms with van der Waals surface area (Å²) in [5, 5.41) is 2.39. The van der Waals surface area contributed by atoms with Crippen LogP contribution in [0.2, 0.25) is 0 Å². The number of carbonyl (C=O) groups excluding carboxylic acids is 1. The second kappa shape index (κ2) is 8.06. The van der Waals surface area contributed by atoms with Gasteiger partial charge in [0.2, 0.25) is 5.91 Å². The molecule has 2 aromatic carbocycles. The van der Waals surface area contributed by atoms with E-state index in [9.17, 15) is 22.0 Å². The van der Waals surface area contributed by atoms with Crippen LogP contribution in [0, 0.1) is 6.92 Å². The van der Waals surface area contributed by atoms with Crippen LogP contribution in [0.4, 0.5) is 14.5 Å². The molecule has 0 saturated carbocycles. The molecule has 2 aromatic rings. The maximum atomic E-state index is 12.3. The molecule has 1 amide bonds. The first-order valence-electron chi connectivity index (χ1n) is 7.41. The number of para-hydroxylation sites is 2. The first kappa shape index (κ1) is 18.9. The lowest BCUT2D eigenvalue weighted by Gasteiger charge is -2.11. The van der Waals surface area contributed by atoms with E-state index in [-0.39, 0.29) is 28.5 Å². The average molecular weight is 369 g/mol. The molecule has 0 aromatic heterocycles. The van der Waals surface area contributed by atoms with Crippen molar-refractivity contribution in [1.29, 1.82) is 0 Å². The summed E-state index contributed by atoms with van der Waals surface area (Å²) < 4.78 is 53.4. The van der Waals surface area contributed by atoms with E-state index in [1.54, 1.807) is 12.1 Å². The molecule has 0 bridgehead atoms. The Hall–Kier alpha value is -2.48. The Bertz CT molecular complexity index is 836. The number of anilines is 1. The smallest absolute Gasteiger partial charge is 0.387 e. The van der Waals surface area contributed by atoms with E-state index < -0.39 is 22.4 Å². The van der Waals surface area contributed by atoms with Gasteiger partial charge in [0, 0.05) is 6.42 Å². The largest absolute Gasteiger partial charge is 0.433 e. The molecule has 134 valence electrons. The van der Waals surface area contributed by atoms with Gasteiger partial charge in [0.1, 0.15) is 5.75 Å². The number of halogens is 2. The third-order valence-corrected chi connectivity index (χ3v) is 5.09. The number of hydrogen-bond acceptors (Lipinski definition) is 4. The van der Waals surface area contributed by atoms with Crippen molar-refractivity contribution in [3.63, 3.8) is 0 Å². The van der Waals surface area contributed by atoms with Crippen molar-refractivity contribution in [2.45, 2.75) is 24.9 Å². The summed E-state index contributed by atoms with van der Waals surface area (Å²) in [6.07, 6.45) is -0.306. The van der Waals surface area contributed by atoms with Crippen LogP contribution in [0.1, 0.15) is 12.0 Å². The van der Waals surface area contributed by atoms with Crippen molar-refractivity contribution < 1.29 is 26.7 Å². The van der Waals surface area contributed by atoms with E-state index in [2.05, 4.69) is 10.1 Å². The standard InChI is InChI=1S/C17H17F2NO4S/c1-12-6-8-13(9-7-12)25(22,23)11-10-16(21)20-14-4-2-3-5-15(14)24-17(18)19/h2-9,17H,10-11H2,1H3,(H,20,21). The van der Waals surface area contributed by atoms with E-state index in [1.807, 2.05) is 6.92 Å². The van der Waals surface area contributed by atoms with Crippen LogP contribution >= 0.6 is 0 Å². The highest BCUT2D eigenvalue weighted by Gasteiger charge is 2.17. The summed E-state index contributed by atoms with van der Waals surface area (Å²) in [5.74, 6) is -1.19. The van der Waals surface area contributed by atoms with Crippen LogP contribution in [0.3, 0.4) is 0 Å². The molecule has 0 aliphatic carbocycles. The van der Waals surface area contributed by atoms with Crippen molar-refractivity contribution in [2.24, 2.45) is 0 Å². The van der Waals surface area contributed by atoms with Gasteiger partial charge in [0.05, 0.1) is 16.3 Å². The van der Waals surface area contributed by atoms with E-state index in [1.165, 1.54) is 36.4 Å². The normalized spacial score (nSPS) is 11.4. The molecular weight excluding hydrogens is 352 g/mol. The summed E-state index contributed by atoms with van der Waals surface area (Å²) in [6.45, 7) is -1.19. The second-order valence-corrected chi connectivity index (χ2v) is 7.41. The molecule has 0 fully saturated rings. The number of hydrogen-bond donors (Lipinski definition) is 1. The zero-order valence-corrected chi connectivity index (χ0v) is 14.2. The first-order chi connectivity index (χ1) is 11.8. The number of carbonyl (C=O) groups is 1. The molecule has 0 atom stereocenters. The quantitative estimate of drug-likeness (QED) is 0.812. The van der Waals surface area contributed by atoms with Crippen LogP contribution < -0.4 is 10.1 Å². The highest BCUT2D eigenvalue weighted by molar-refractivity contribution is 7.91. The Kier molecular flexibility index (Phi) is 6.08. The van der Waals surface area contributed by atoms with Gasteiger partial charge in [0.25, 0.3) is 0 Å². The molecule has 5 nitrogen and oxygen atoms in total. The first-order valence-corrected chi connectivity index (χ1v) is 9.06. The van der Waals surface area contributed by atoms with Crippen molar-refractivity contribution in [2.75, 3.05) is 11.1 Å². The van der Waals surface area contributed by atoms with E-state index in [0.717, 1.165) is 5.56 Å². The zero-order chi connectivity index (χ0) is 18.4. The lowest BCUT2D eigenvalue weighted by molar-refractivity contribution is -0.115.